The second kappa shape index (κ2) is 6.27. The van der Waals surface area contributed by atoms with Crippen molar-refractivity contribution in [2.45, 2.75) is 19.4 Å². The third-order valence-corrected chi connectivity index (χ3v) is 4.12. The number of aromatic nitrogens is 4. The highest BCUT2D eigenvalue weighted by atomic mass is 16.3. The molecule has 0 radical (unpaired) electrons. The Bertz CT molecular complexity index is 801. The Morgan fingerprint density at radius 2 is 2.04 bits per heavy atom. The van der Waals surface area contributed by atoms with E-state index in [1.54, 1.807) is 4.90 Å². The molecule has 7 nitrogen and oxygen atoms in total. The molecule has 0 saturated heterocycles. The van der Waals surface area contributed by atoms with Gasteiger partial charge in [-0.3, -0.25) is 4.79 Å². The standard InChI is InChI=1S/C17H17N5O2/c23-17(14-11-24-12-18-14)21-7-6-16-19-15(20-22(16)9-8-21)10-13-4-2-1-3-5-13/h1-5,11-12H,6-10H2. The number of carbonyl (C=O) groups excluding carboxylic acids is 1. The topological polar surface area (TPSA) is 77.1 Å². The average molecular weight is 323 g/mol. The molecule has 0 unspecified atom stereocenters. The van der Waals surface area contributed by atoms with Gasteiger partial charge in [-0.05, 0) is 5.56 Å². The zero-order valence-corrected chi connectivity index (χ0v) is 13.1. The first kappa shape index (κ1) is 14.6. The summed E-state index contributed by atoms with van der Waals surface area (Å²) in [7, 11) is 0. The van der Waals surface area contributed by atoms with E-state index in [9.17, 15) is 4.79 Å². The van der Waals surface area contributed by atoms with Crippen molar-refractivity contribution in [1.29, 1.82) is 0 Å². The zero-order chi connectivity index (χ0) is 16.4. The van der Waals surface area contributed by atoms with E-state index in [-0.39, 0.29) is 5.91 Å². The number of hydrogen-bond acceptors (Lipinski definition) is 5. The van der Waals surface area contributed by atoms with Gasteiger partial charge in [-0.1, -0.05) is 30.3 Å². The first-order valence-electron chi connectivity index (χ1n) is 7.93. The van der Waals surface area contributed by atoms with Crippen LogP contribution in [0.5, 0.6) is 0 Å². The third kappa shape index (κ3) is 2.92. The van der Waals surface area contributed by atoms with Crippen LogP contribution in [0.1, 0.15) is 27.7 Å². The summed E-state index contributed by atoms with van der Waals surface area (Å²) in [5.74, 6) is 1.64. The van der Waals surface area contributed by atoms with E-state index in [0.29, 0.717) is 31.7 Å². The first-order valence-corrected chi connectivity index (χ1v) is 7.93. The van der Waals surface area contributed by atoms with E-state index in [1.807, 2.05) is 22.9 Å². The molecule has 2 aromatic heterocycles. The van der Waals surface area contributed by atoms with Crippen LogP contribution in [0, 0.1) is 0 Å². The van der Waals surface area contributed by atoms with Crippen LogP contribution in [0.15, 0.2) is 47.4 Å². The van der Waals surface area contributed by atoms with Gasteiger partial charge in [0, 0.05) is 25.9 Å². The number of oxazole rings is 1. The Morgan fingerprint density at radius 1 is 1.17 bits per heavy atom. The lowest BCUT2D eigenvalue weighted by Gasteiger charge is -2.18. The van der Waals surface area contributed by atoms with E-state index in [1.165, 1.54) is 18.2 Å². The van der Waals surface area contributed by atoms with E-state index in [4.69, 9.17) is 4.42 Å². The quantitative estimate of drug-likeness (QED) is 0.731. The molecule has 1 aliphatic heterocycles. The van der Waals surface area contributed by atoms with Crippen LogP contribution in [0.4, 0.5) is 0 Å². The molecule has 0 bridgehead atoms. The van der Waals surface area contributed by atoms with Gasteiger partial charge in [0.15, 0.2) is 17.9 Å². The van der Waals surface area contributed by atoms with Gasteiger partial charge in [-0.2, -0.15) is 5.10 Å². The molecule has 0 N–H and O–H groups in total. The smallest absolute Gasteiger partial charge is 0.275 e. The number of nitrogens with zero attached hydrogens (tertiary/aromatic N) is 5. The lowest BCUT2D eigenvalue weighted by atomic mass is 10.1. The fraction of sp³-hybridized carbons (Fsp3) is 0.294. The first-order chi connectivity index (χ1) is 11.8. The fourth-order valence-electron chi connectivity index (χ4n) is 2.89. The van der Waals surface area contributed by atoms with Crippen LogP contribution >= 0.6 is 0 Å². The summed E-state index contributed by atoms with van der Waals surface area (Å²) >= 11 is 0. The van der Waals surface area contributed by atoms with Crippen LogP contribution in [0.3, 0.4) is 0 Å². The lowest BCUT2D eigenvalue weighted by Crippen LogP contribution is -2.34. The van der Waals surface area contributed by atoms with Gasteiger partial charge in [-0.15, -0.1) is 0 Å². The maximum atomic E-state index is 12.3. The molecular formula is C17H17N5O2. The molecule has 3 heterocycles. The average Bonchev–Trinajstić information content (AvgIpc) is 3.22. The van der Waals surface area contributed by atoms with E-state index < -0.39 is 0 Å². The SMILES string of the molecule is O=C(c1cocn1)N1CCc2nc(Cc3ccccc3)nn2CC1. The van der Waals surface area contributed by atoms with Gasteiger partial charge < -0.3 is 9.32 Å². The Labute approximate surface area is 138 Å². The highest BCUT2D eigenvalue weighted by Gasteiger charge is 2.23. The molecule has 122 valence electrons. The summed E-state index contributed by atoms with van der Waals surface area (Å²) in [6.45, 7) is 1.84. The van der Waals surface area contributed by atoms with Crippen LogP contribution in [0.25, 0.3) is 0 Å². The van der Waals surface area contributed by atoms with Crippen LogP contribution in [-0.2, 0) is 19.4 Å². The molecular weight excluding hydrogens is 306 g/mol. The summed E-state index contributed by atoms with van der Waals surface area (Å²) in [4.78, 5) is 22.7. The van der Waals surface area contributed by atoms with Gasteiger partial charge >= 0.3 is 0 Å². The molecule has 4 rings (SSSR count). The van der Waals surface area contributed by atoms with Gasteiger partial charge in [0.1, 0.15) is 12.1 Å². The maximum absolute atomic E-state index is 12.3. The minimum atomic E-state index is -0.112. The predicted octanol–water partition coefficient (Wildman–Crippen LogP) is 1.56. The minimum absolute atomic E-state index is 0.112. The molecule has 0 aliphatic carbocycles. The Morgan fingerprint density at radius 3 is 2.83 bits per heavy atom. The predicted molar refractivity (Wildman–Crippen MR) is 85.4 cm³/mol. The van der Waals surface area contributed by atoms with Crippen LogP contribution in [0.2, 0.25) is 0 Å². The molecule has 1 aromatic carbocycles. The third-order valence-electron chi connectivity index (χ3n) is 4.12. The van der Waals surface area contributed by atoms with Crippen molar-refractivity contribution in [3.8, 4) is 0 Å². The van der Waals surface area contributed by atoms with Crippen molar-refractivity contribution < 1.29 is 9.21 Å². The summed E-state index contributed by atoms with van der Waals surface area (Å²) in [6.07, 6.45) is 4.06. The number of fused-ring (bicyclic) bond motifs is 1. The molecule has 0 spiro atoms. The highest BCUT2D eigenvalue weighted by Crippen LogP contribution is 2.12. The second-order valence-corrected chi connectivity index (χ2v) is 5.75. The van der Waals surface area contributed by atoms with Crippen molar-refractivity contribution in [1.82, 2.24) is 24.6 Å². The minimum Gasteiger partial charge on any atom is -0.451 e. The lowest BCUT2D eigenvalue weighted by molar-refractivity contribution is 0.0752. The van der Waals surface area contributed by atoms with Gasteiger partial charge in [0.2, 0.25) is 0 Å². The number of amides is 1. The monoisotopic (exact) mass is 323 g/mol. The van der Waals surface area contributed by atoms with Crippen LogP contribution in [-0.4, -0.2) is 43.6 Å². The number of rotatable bonds is 3. The fourth-order valence-corrected chi connectivity index (χ4v) is 2.89. The van der Waals surface area contributed by atoms with Gasteiger partial charge in [0.05, 0.1) is 6.54 Å². The number of benzene rings is 1. The van der Waals surface area contributed by atoms with Crippen molar-refractivity contribution in [3.63, 3.8) is 0 Å². The molecule has 0 saturated carbocycles. The van der Waals surface area contributed by atoms with Crippen molar-refractivity contribution in [2.75, 3.05) is 13.1 Å². The molecule has 0 fully saturated rings. The molecule has 3 aromatic rings. The zero-order valence-electron chi connectivity index (χ0n) is 13.1. The van der Waals surface area contributed by atoms with Crippen molar-refractivity contribution in [2.24, 2.45) is 0 Å². The maximum Gasteiger partial charge on any atom is 0.275 e. The number of carbonyl (C=O) groups is 1. The van der Waals surface area contributed by atoms with E-state index in [2.05, 4.69) is 27.2 Å². The summed E-state index contributed by atoms with van der Waals surface area (Å²) in [5, 5.41) is 4.60. The molecule has 1 aliphatic rings. The molecule has 1 amide bonds. The summed E-state index contributed by atoms with van der Waals surface area (Å²) < 4.78 is 6.80. The Hall–Kier alpha value is -2.96. The Balaban J connectivity index is 1.45. The van der Waals surface area contributed by atoms with Crippen LogP contribution < -0.4 is 0 Å². The number of hydrogen-bond donors (Lipinski definition) is 0. The van der Waals surface area contributed by atoms with Crippen molar-refractivity contribution in [3.05, 3.63) is 65.9 Å². The second-order valence-electron chi connectivity index (χ2n) is 5.75. The summed E-state index contributed by atoms with van der Waals surface area (Å²) in [6, 6.07) is 10.2. The molecule has 0 atom stereocenters. The van der Waals surface area contributed by atoms with Crippen molar-refractivity contribution >= 4 is 5.91 Å². The summed E-state index contributed by atoms with van der Waals surface area (Å²) in [5.41, 5.74) is 1.54. The largest absolute Gasteiger partial charge is 0.451 e. The van der Waals surface area contributed by atoms with E-state index in [0.717, 1.165) is 18.1 Å². The normalized spacial score (nSPS) is 14.2. The molecule has 24 heavy (non-hydrogen) atoms. The van der Waals surface area contributed by atoms with Gasteiger partial charge in [-0.25, -0.2) is 14.6 Å². The Kier molecular flexibility index (Phi) is 3.82. The molecule has 7 heteroatoms. The highest BCUT2D eigenvalue weighted by molar-refractivity contribution is 5.91. The van der Waals surface area contributed by atoms with E-state index >= 15 is 0 Å². The van der Waals surface area contributed by atoms with Gasteiger partial charge in [0.25, 0.3) is 5.91 Å².